The number of aliphatic hydroxyl groups excluding tert-OH is 1. The summed E-state index contributed by atoms with van der Waals surface area (Å²) in [5.41, 5.74) is -1.45. The number of likely N-dealkylation sites (tertiary alicyclic amines) is 1. The summed E-state index contributed by atoms with van der Waals surface area (Å²) in [6.45, 7) is 12.8. The van der Waals surface area contributed by atoms with Crippen LogP contribution in [0.5, 0.6) is 0 Å². The normalized spacial score (nSPS) is 28.9. The van der Waals surface area contributed by atoms with Gasteiger partial charge in [-0.2, -0.15) is 0 Å². The Morgan fingerprint density at radius 2 is 1.90 bits per heavy atom. The number of ether oxygens (including phenoxy) is 1. The quantitative estimate of drug-likeness (QED) is 0.372. The highest BCUT2D eigenvalue weighted by molar-refractivity contribution is 6.34. The number of carbonyl (C=O) groups is 3. The van der Waals surface area contributed by atoms with Crippen molar-refractivity contribution in [3.8, 4) is 0 Å². The monoisotopic (exact) mass is 557 g/mol. The Balaban J connectivity index is 1.83. The minimum Gasteiger partial charge on any atom is -0.396 e. The van der Waals surface area contributed by atoms with Crippen molar-refractivity contribution in [2.24, 2.45) is 11.8 Å². The van der Waals surface area contributed by atoms with Crippen molar-refractivity contribution < 1.29 is 24.2 Å². The van der Waals surface area contributed by atoms with Gasteiger partial charge in [-0.25, -0.2) is 0 Å². The summed E-state index contributed by atoms with van der Waals surface area (Å²) in [7, 11) is 0. The number of para-hydroxylation sites is 1. The van der Waals surface area contributed by atoms with E-state index in [9.17, 15) is 19.5 Å². The molecule has 0 aromatic heterocycles. The molecule has 2 unspecified atom stereocenters. The summed E-state index contributed by atoms with van der Waals surface area (Å²) in [6.07, 6.45) is 6.03. The van der Waals surface area contributed by atoms with Crippen LogP contribution in [0.4, 0.5) is 5.69 Å². The number of fused-ring (bicyclic) bond motifs is 1. The SMILES string of the molecule is C=CCN(CCC)C(=O)[C@@H]1[C@H]2C(=O)N(CCCO)C(C(=O)N(CC=C)c3ccccc3Cl)C23CC[C@@]1(CC)O3. The van der Waals surface area contributed by atoms with Gasteiger partial charge in [-0.3, -0.25) is 14.4 Å². The molecule has 3 saturated heterocycles. The number of hydrogen-bond acceptors (Lipinski definition) is 5. The van der Waals surface area contributed by atoms with Gasteiger partial charge in [-0.05, 0) is 44.2 Å². The fourth-order valence-electron chi connectivity index (χ4n) is 7.02. The molecule has 3 amide bonds. The number of nitrogens with zero attached hydrogens (tertiary/aromatic N) is 3. The number of halogens is 1. The molecule has 3 aliphatic heterocycles. The topological polar surface area (TPSA) is 90.4 Å². The van der Waals surface area contributed by atoms with E-state index >= 15 is 0 Å². The van der Waals surface area contributed by atoms with Crippen LogP contribution < -0.4 is 4.90 Å². The average Bonchev–Trinajstić information content (AvgIpc) is 3.53. The molecule has 1 N–H and O–H groups in total. The molecule has 1 aromatic rings. The summed E-state index contributed by atoms with van der Waals surface area (Å²) in [5, 5.41) is 10.0. The van der Waals surface area contributed by atoms with E-state index in [2.05, 4.69) is 13.2 Å². The van der Waals surface area contributed by atoms with Crippen molar-refractivity contribution in [1.82, 2.24) is 9.80 Å². The lowest BCUT2D eigenvalue weighted by atomic mass is 9.64. The van der Waals surface area contributed by atoms with Gasteiger partial charge < -0.3 is 24.5 Å². The Morgan fingerprint density at radius 1 is 1.18 bits per heavy atom. The van der Waals surface area contributed by atoms with Gasteiger partial charge in [0, 0.05) is 32.8 Å². The first-order valence-corrected chi connectivity index (χ1v) is 14.3. The van der Waals surface area contributed by atoms with E-state index in [1.807, 2.05) is 13.8 Å². The van der Waals surface area contributed by atoms with Crippen LogP contribution >= 0.6 is 11.6 Å². The first kappa shape index (κ1) is 29.3. The van der Waals surface area contributed by atoms with E-state index in [1.54, 1.807) is 51.1 Å². The number of aliphatic hydroxyl groups is 1. The van der Waals surface area contributed by atoms with Gasteiger partial charge in [0.2, 0.25) is 11.8 Å². The zero-order chi connectivity index (χ0) is 28.4. The van der Waals surface area contributed by atoms with Crippen molar-refractivity contribution in [2.75, 3.05) is 37.7 Å². The summed E-state index contributed by atoms with van der Waals surface area (Å²) in [5.74, 6) is -2.19. The number of rotatable bonds is 13. The number of benzene rings is 1. The molecule has 4 rings (SSSR count). The lowest BCUT2D eigenvalue weighted by Crippen LogP contribution is -2.56. The fraction of sp³-hybridized carbons (Fsp3) is 0.567. The maximum atomic E-state index is 14.5. The van der Waals surface area contributed by atoms with Gasteiger partial charge >= 0.3 is 0 Å². The van der Waals surface area contributed by atoms with E-state index in [-0.39, 0.29) is 37.4 Å². The van der Waals surface area contributed by atoms with E-state index < -0.39 is 29.1 Å². The van der Waals surface area contributed by atoms with Crippen molar-refractivity contribution in [3.63, 3.8) is 0 Å². The number of anilines is 1. The van der Waals surface area contributed by atoms with E-state index in [1.165, 1.54) is 0 Å². The minimum absolute atomic E-state index is 0.122. The predicted octanol–water partition coefficient (Wildman–Crippen LogP) is 3.82. The molecule has 3 fully saturated rings. The number of carbonyl (C=O) groups excluding carboxylic acids is 3. The molecule has 0 radical (unpaired) electrons. The van der Waals surface area contributed by atoms with Crippen LogP contribution in [0.2, 0.25) is 5.02 Å². The van der Waals surface area contributed by atoms with E-state index in [4.69, 9.17) is 16.3 Å². The summed E-state index contributed by atoms with van der Waals surface area (Å²) < 4.78 is 6.87. The van der Waals surface area contributed by atoms with Gasteiger partial charge in [-0.15, -0.1) is 13.2 Å². The van der Waals surface area contributed by atoms with E-state index in [0.29, 0.717) is 49.5 Å². The highest BCUT2D eigenvalue weighted by Gasteiger charge is 2.79. The van der Waals surface area contributed by atoms with Gasteiger partial charge in [0.15, 0.2) is 0 Å². The Labute approximate surface area is 236 Å². The third-order valence-electron chi connectivity index (χ3n) is 8.61. The first-order chi connectivity index (χ1) is 18.8. The Kier molecular flexibility index (Phi) is 8.88. The highest BCUT2D eigenvalue weighted by atomic mass is 35.5. The first-order valence-electron chi connectivity index (χ1n) is 13.9. The molecule has 39 heavy (non-hydrogen) atoms. The molecular weight excluding hydrogens is 518 g/mol. The molecule has 1 aromatic carbocycles. The van der Waals surface area contributed by atoms with Crippen molar-refractivity contribution in [2.45, 2.75) is 63.2 Å². The molecular formula is C30H40ClN3O5. The van der Waals surface area contributed by atoms with Crippen molar-refractivity contribution in [1.29, 1.82) is 0 Å². The van der Waals surface area contributed by atoms with E-state index in [0.717, 1.165) is 6.42 Å². The van der Waals surface area contributed by atoms with Crippen LogP contribution in [0.3, 0.4) is 0 Å². The maximum Gasteiger partial charge on any atom is 0.253 e. The molecule has 0 saturated carbocycles. The second-order valence-corrected chi connectivity index (χ2v) is 11.1. The van der Waals surface area contributed by atoms with Crippen molar-refractivity contribution in [3.05, 3.63) is 54.6 Å². The third-order valence-corrected chi connectivity index (χ3v) is 8.93. The molecule has 9 heteroatoms. The maximum absolute atomic E-state index is 14.5. The molecule has 8 nitrogen and oxygen atoms in total. The molecule has 0 aliphatic carbocycles. The third kappa shape index (κ3) is 4.70. The molecule has 212 valence electrons. The Hall–Kier alpha value is -2.68. The Morgan fingerprint density at radius 3 is 2.51 bits per heavy atom. The van der Waals surface area contributed by atoms with Crippen LogP contribution in [-0.4, -0.2) is 82.7 Å². The van der Waals surface area contributed by atoms with Crippen LogP contribution in [-0.2, 0) is 19.1 Å². The van der Waals surface area contributed by atoms with Crippen LogP contribution in [0.15, 0.2) is 49.6 Å². The van der Waals surface area contributed by atoms with Crippen molar-refractivity contribution >= 4 is 35.0 Å². The predicted molar refractivity (Wildman–Crippen MR) is 151 cm³/mol. The summed E-state index contributed by atoms with van der Waals surface area (Å²) in [4.78, 5) is 47.7. The highest BCUT2D eigenvalue weighted by Crippen LogP contribution is 2.64. The standard InChI is InChI=1S/C30H40ClN3O5/c1-5-16-32(17-6-2)26(36)23-24-27(37)34(19-11-20-35)25(30(24)15-14-29(23,8-4)39-30)28(38)33(18-7-3)22-13-10-9-12-21(22)31/h5,7,9-10,12-13,23-25,35H,1,3,6,8,11,14-20H2,2,4H3/t23-,24-,25?,29+,30?/m0/s1. The largest absolute Gasteiger partial charge is 0.396 e. The summed E-state index contributed by atoms with van der Waals surface area (Å²) in [6, 6.07) is 6.11. The minimum atomic E-state index is -1.15. The fourth-order valence-corrected chi connectivity index (χ4v) is 7.26. The second kappa shape index (κ2) is 11.8. The second-order valence-electron chi connectivity index (χ2n) is 10.7. The van der Waals surface area contributed by atoms with Crippen LogP contribution in [0, 0.1) is 11.8 Å². The number of hydrogen-bond donors (Lipinski definition) is 1. The zero-order valence-electron chi connectivity index (χ0n) is 23.0. The molecule has 3 aliphatic rings. The summed E-state index contributed by atoms with van der Waals surface area (Å²) >= 11 is 6.51. The van der Waals surface area contributed by atoms with Gasteiger partial charge in [0.25, 0.3) is 5.91 Å². The van der Waals surface area contributed by atoms with Gasteiger partial charge in [-0.1, -0.05) is 49.7 Å². The molecule has 3 heterocycles. The van der Waals surface area contributed by atoms with Crippen LogP contribution in [0.25, 0.3) is 0 Å². The lowest BCUT2D eigenvalue weighted by molar-refractivity contribution is -0.151. The Bertz CT molecular complexity index is 1130. The molecule has 1 spiro atoms. The average molecular weight is 558 g/mol. The van der Waals surface area contributed by atoms with Gasteiger partial charge in [0.05, 0.1) is 28.1 Å². The number of amides is 3. The lowest BCUT2D eigenvalue weighted by Gasteiger charge is -2.37. The molecule has 5 atom stereocenters. The van der Waals surface area contributed by atoms with Crippen LogP contribution in [0.1, 0.15) is 46.0 Å². The smallest absolute Gasteiger partial charge is 0.253 e. The zero-order valence-corrected chi connectivity index (χ0v) is 23.7. The molecule has 2 bridgehead atoms. The van der Waals surface area contributed by atoms with Gasteiger partial charge in [0.1, 0.15) is 11.6 Å².